The lowest BCUT2D eigenvalue weighted by molar-refractivity contribution is -0.123. The van der Waals surface area contributed by atoms with Gasteiger partial charge in [0.2, 0.25) is 11.8 Å². The molecule has 2 aromatic rings. The summed E-state index contributed by atoms with van der Waals surface area (Å²) in [6, 6.07) is 14.7. The van der Waals surface area contributed by atoms with Crippen LogP contribution in [0.25, 0.3) is 0 Å². The van der Waals surface area contributed by atoms with Crippen molar-refractivity contribution in [1.82, 2.24) is 0 Å². The van der Waals surface area contributed by atoms with Gasteiger partial charge in [0.1, 0.15) is 11.5 Å². The van der Waals surface area contributed by atoms with Crippen molar-refractivity contribution in [2.75, 3.05) is 4.90 Å². The molecule has 2 aromatic carbocycles. The highest BCUT2D eigenvalue weighted by molar-refractivity contribution is 9.10. The summed E-state index contributed by atoms with van der Waals surface area (Å²) in [5, 5.41) is 0. The number of halogens is 1. The number of nitrogens with zero attached hydrogens (tertiary/aromatic N) is 1. The van der Waals surface area contributed by atoms with Crippen LogP contribution in [0.15, 0.2) is 64.7 Å². The summed E-state index contributed by atoms with van der Waals surface area (Å²) < 4.78 is 6.81. The lowest BCUT2D eigenvalue weighted by Gasteiger charge is -2.19. The van der Waals surface area contributed by atoms with Crippen LogP contribution in [0.3, 0.4) is 0 Å². The van der Waals surface area contributed by atoms with Crippen molar-refractivity contribution in [2.45, 2.75) is 13.3 Å². The Balaban J connectivity index is 1.37. The lowest BCUT2D eigenvalue weighted by Crippen LogP contribution is -2.32. The monoisotopic (exact) mass is 423 g/mol. The Hall–Kier alpha value is -2.40. The molecule has 1 saturated carbocycles. The highest BCUT2D eigenvalue weighted by atomic mass is 79.9. The van der Waals surface area contributed by atoms with E-state index in [1.165, 1.54) is 10.5 Å². The molecule has 2 amide bonds. The van der Waals surface area contributed by atoms with E-state index < -0.39 is 0 Å². The van der Waals surface area contributed by atoms with E-state index in [4.69, 9.17) is 4.74 Å². The van der Waals surface area contributed by atoms with Gasteiger partial charge in [0.25, 0.3) is 0 Å². The van der Waals surface area contributed by atoms with Crippen molar-refractivity contribution in [3.8, 4) is 11.5 Å². The zero-order valence-electron chi connectivity index (χ0n) is 14.8. The minimum atomic E-state index is -0.176. The van der Waals surface area contributed by atoms with Crippen LogP contribution in [0.2, 0.25) is 0 Å². The smallest absolute Gasteiger partial charge is 0.238 e. The number of hydrogen-bond acceptors (Lipinski definition) is 3. The third-order valence-electron chi connectivity index (χ3n) is 6.02. The number of fused-ring (bicyclic) bond motifs is 5. The first kappa shape index (κ1) is 16.8. The maximum atomic E-state index is 13.0. The van der Waals surface area contributed by atoms with Gasteiger partial charge >= 0.3 is 0 Å². The highest BCUT2D eigenvalue weighted by Crippen LogP contribution is 2.55. The van der Waals surface area contributed by atoms with Crippen LogP contribution >= 0.6 is 15.9 Å². The topological polar surface area (TPSA) is 46.6 Å². The average Bonchev–Trinajstić information content (AvgIpc) is 3.29. The molecule has 0 spiro atoms. The fourth-order valence-electron chi connectivity index (χ4n) is 4.83. The van der Waals surface area contributed by atoms with E-state index >= 15 is 0 Å². The number of hydrogen-bond donors (Lipinski definition) is 0. The standard InChI is InChI=1S/C22H18BrNO3/c1-12-10-13-11-18(12)20-19(13)21(25)24(22(20)26)15-4-8-17(9-5-15)27-16-6-2-14(23)3-7-16/h2-10,13,18-20H,11H2,1H3/t13-,18+,19+,20+/m0/s1. The molecule has 0 radical (unpaired) electrons. The molecule has 0 aromatic heterocycles. The Labute approximate surface area is 165 Å². The second-order valence-corrected chi connectivity index (χ2v) is 8.45. The third-order valence-corrected chi connectivity index (χ3v) is 6.55. The summed E-state index contributed by atoms with van der Waals surface area (Å²) in [5.74, 6) is 1.40. The molecule has 2 bridgehead atoms. The summed E-state index contributed by atoms with van der Waals surface area (Å²) in [6.07, 6.45) is 3.14. The number of allylic oxidation sites excluding steroid dienone is 2. The fraction of sp³-hybridized carbons (Fsp3) is 0.273. The van der Waals surface area contributed by atoms with E-state index in [1.54, 1.807) is 24.3 Å². The Morgan fingerprint density at radius 2 is 1.52 bits per heavy atom. The number of anilines is 1. The molecule has 1 heterocycles. The van der Waals surface area contributed by atoms with E-state index in [0.717, 1.165) is 16.6 Å². The van der Waals surface area contributed by atoms with Gasteiger partial charge in [0, 0.05) is 4.47 Å². The SMILES string of the molecule is CC1=C[C@H]2C[C@H]1[C@H]1C(=O)N(c3ccc(Oc4ccc(Br)cc4)cc3)C(=O)[C@@H]12. The van der Waals surface area contributed by atoms with Gasteiger partial charge < -0.3 is 4.74 Å². The van der Waals surface area contributed by atoms with Gasteiger partial charge in [-0.15, -0.1) is 0 Å². The van der Waals surface area contributed by atoms with Gasteiger partial charge in [-0.2, -0.15) is 0 Å². The number of rotatable bonds is 3. The van der Waals surface area contributed by atoms with E-state index in [0.29, 0.717) is 11.4 Å². The molecule has 0 N–H and O–H groups in total. The number of carbonyl (C=O) groups excluding carboxylic acids is 2. The molecular weight excluding hydrogens is 406 g/mol. The van der Waals surface area contributed by atoms with E-state index in [9.17, 15) is 9.59 Å². The molecule has 4 nitrogen and oxygen atoms in total. The van der Waals surface area contributed by atoms with Gasteiger partial charge in [-0.05, 0) is 73.7 Å². The Kier molecular flexibility index (Phi) is 3.76. The molecule has 1 saturated heterocycles. The molecular formula is C22H18BrNO3. The first-order valence-corrected chi connectivity index (χ1v) is 9.92. The second kappa shape index (κ2) is 6.06. The van der Waals surface area contributed by atoms with Crippen LogP contribution in [0, 0.1) is 23.7 Å². The van der Waals surface area contributed by atoms with Crippen molar-refractivity contribution in [1.29, 1.82) is 0 Å². The minimum Gasteiger partial charge on any atom is -0.457 e. The molecule has 5 heteroatoms. The predicted molar refractivity (Wildman–Crippen MR) is 105 cm³/mol. The predicted octanol–water partition coefficient (Wildman–Crippen LogP) is 4.94. The van der Waals surface area contributed by atoms with E-state index in [-0.39, 0.29) is 35.5 Å². The molecule has 2 fully saturated rings. The van der Waals surface area contributed by atoms with Gasteiger partial charge in [-0.25, -0.2) is 0 Å². The van der Waals surface area contributed by atoms with Crippen LogP contribution in [0.5, 0.6) is 11.5 Å². The molecule has 1 aliphatic heterocycles. The first-order chi connectivity index (χ1) is 13.0. The van der Waals surface area contributed by atoms with Crippen LogP contribution in [-0.2, 0) is 9.59 Å². The van der Waals surface area contributed by atoms with Crippen LogP contribution in [0.1, 0.15) is 13.3 Å². The number of amides is 2. The van der Waals surface area contributed by atoms with Crippen LogP contribution < -0.4 is 9.64 Å². The number of imide groups is 1. The van der Waals surface area contributed by atoms with Gasteiger partial charge in [0.05, 0.1) is 17.5 Å². The first-order valence-electron chi connectivity index (χ1n) is 9.12. The average molecular weight is 424 g/mol. The molecule has 5 rings (SSSR count). The van der Waals surface area contributed by atoms with E-state index in [1.807, 2.05) is 24.3 Å². The zero-order chi connectivity index (χ0) is 18.7. The van der Waals surface area contributed by atoms with Crippen LogP contribution in [-0.4, -0.2) is 11.8 Å². The highest BCUT2D eigenvalue weighted by Gasteiger charge is 2.60. The summed E-state index contributed by atoms with van der Waals surface area (Å²) in [6.45, 7) is 2.08. The van der Waals surface area contributed by atoms with Crippen molar-refractivity contribution >= 4 is 33.4 Å². The quantitative estimate of drug-likeness (QED) is 0.518. The maximum absolute atomic E-state index is 13.0. The normalized spacial score (nSPS) is 28.5. The zero-order valence-corrected chi connectivity index (χ0v) is 16.3. The maximum Gasteiger partial charge on any atom is 0.238 e. The van der Waals surface area contributed by atoms with Crippen molar-refractivity contribution in [2.24, 2.45) is 23.7 Å². The molecule has 4 atom stereocenters. The van der Waals surface area contributed by atoms with Crippen molar-refractivity contribution < 1.29 is 14.3 Å². The van der Waals surface area contributed by atoms with Crippen molar-refractivity contribution in [3.05, 3.63) is 64.7 Å². The van der Waals surface area contributed by atoms with Crippen LogP contribution in [0.4, 0.5) is 5.69 Å². The lowest BCUT2D eigenvalue weighted by atomic mass is 9.82. The van der Waals surface area contributed by atoms with Gasteiger partial charge in [-0.3, -0.25) is 14.5 Å². The second-order valence-electron chi connectivity index (χ2n) is 7.53. The van der Waals surface area contributed by atoms with E-state index in [2.05, 4.69) is 28.9 Å². The summed E-state index contributed by atoms with van der Waals surface area (Å²) >= 11 is 3.40. The molecule has 27 heavy (non-hydrogen) atoms. The molecule has 136 valence electrons. The number of carbonyl (C=O) groups is 2. The molecule has 0 unspecified atom stereocenters. The Bertz CT molecular complexity index is 964. The van der Waals surface area contributed by atoms with Crippen molar-refractivity contribution in [3.63, 3.8) is 0 Å². The van der Waals surface area contributed by atoms with Gasteiger partial charge in [0.15, 0.2) is 0 Å². The number of benzene rings is 2. The minimum absolute atomic E-state index is 0.0495. The third kappa shape index (κ3) is 2.56. The fourth-order valence-corrected chi connectivity index (χ4v) is 5.10. The van der Waals surface area contributed by atoms with Gasteiger partial charge in [-0.1, -0.05) is 27.6 Å². The summed E-state index contributed by atoms with van der Waals surface area (Å²) in [7, 11) is 0. The Morgan fingerprint density at radius 3 is 2.19 bits per heavy atom. The molecule has 2 aliphatic carbocycles. The summed E-state index contributed by atoms with van der Waals surface area (Å²) in [4.78, 5) is 27.3. The molecule has 3 aliphatic rings. The summed E-state index contributed by atoms with van der Waals surface area (Å²) in [5.41, 5.74) is 1.89. The number of ether oxygens (including phenoxy) is 1. The Morgan fingerprint density at radius 1 is 0.926 bits per heavy atom. The largest absolute Gasteiger partial charge is 0.457 e.